The van der Waals surface area contributed by atoms with E-state index in [1.165, 1.54) is 12.8 Å². The van der Waals surface area contributed by atoms with Crippen molar-refractivity contribution in [2.24, 2.45) is 5.92 Å². The van der Waals surface area contributed by atoms with Gasteiger partial charge in [0.25, 0.3) is 5.91 Å². The Labute approximate surface area is 137 Å². The van der Waals surface area contributed by atoms with Gasteiger partial charge >= 0.3 is 0 Å². The van der Waals surface area contributed by atoms with E-state index in [0.29, 0.717) is 18.0 Å². The standard InChI is InChI=1S/C19H23N3O/c1-15-6-5-11-22(14-15)18-10-9-17(13-20-18)19(23)21-12-16-7-3-2-4-8-16/h2-4,7-10,13,15H,5-6,11-12,14H2,1H3,(H,21,23)/t15-/m1/s1. The zero-order valence-corrected chi connectivity index (χ0v) is 13.5. The van der Waals surface area contributed by atoms with Gasteiger partial charge in [-0.15, -0.1) is 0 Å². The normalized spacial score (nSPS) is 17.8. The predicted molar refractivity (Wildman–Crippen MR) is 92.5 cm³/mol. The molecule has 4 heteroatoms. The number of nitrogens with one attached hydrogen (secondary N) is 1. The minimum Gasteiger partial charge on any atom is -0.356 e. The van der Waals surface area contributed by atoms with E-state index in [2.05, 4.69) is 22.1 Å². The van der Waals surface area contributed by atoms with E-state index in [9.17, 15) is 4.79 Å². The largest absolute Gasteiger partial charge is 0.356 e. The molecule has 1 fully saturated rings. The van der Waals surface area contributed by atoms with Crippen molar-refractivity contribution < 1.29 is 4.79 Å². The Morgan fingerprint density at radius 2 is 2.09 bits per heavy atom. The lowest BCUT2D eigenvalue weighted by Gasteiger charge is -2.31. The van der Waals surface area contributed by atoms with Crippen LogP contribution < -0.4 is 10.2 Å². The Kier molecular flexibility index (Phi) is 4.91. The molecule has 4 nitrogen and oxygen atoms in total. The summed E-state index contributed by atoms with van der Waals surface area (Å²) >= 11 is 0. The van der Waals surface area contributed by atoms with Crippen molar-refractivity contribution in [1.29, 1.82) is 0 Å². The van der Waals surface area contributed by atoms with Gasteiger partial charge in [-0.1, -0.05) is 37.3 Å². The number of anilines is 1. The molecule has 1 aliphatic rings. The van der Waals surface area contributed by atoms with Crippen LogP contribution in [-0.4, -0.2) is 24.0 Å². The molecular weight excluding hydrogens is 286 g/mol. The molecule has 23 heavy (non-hydrogen) atoms. The van der Waals surface area contributed by atoms with Gasteiger partial charge < -0.3 is 10.2 Å². The molecule has 1 aromatic heterocycles. The zero-order valence-electron chi connectivity index (χ0n) is 13.5. The topological polar surface area (TPSA) is 45.2 Å². The molecule has 2 aromatic rings. The highest BCUT2D eigenvalue weighted by atomic mass is 16.1. The number of nitrogens with zero attached hydrogens (tertiary/aromatic N) is 2. The van der Waals surface area contributed by atoms with Crippen LogP contribution in [0.5, 0.6) is 0 Å². The van der Waals surface area contributed by atoms with Crippen LogP contribution in [0.2, 0.25) is 0 Å². The lowest BCUT2D eigenvalue weighted by atomic mass is 10.0. The Bertz CT molecular complexity index is 639. The quantitative estimate of drug-likeness (QED) is 0.943. The minimum atomic E-state index is -0.0834. The molecule has 0 bridgehead atoms. The highest BCUT2D eigenvalue weighted by molar-refractivity contribution is 5.94. The molecule has 0 unspecified atom stereocenters. The van der Waals surface area contributed by atoms with E-state index in [4.69, 9.17) is 0 Å². The molecule has 3 rings (SSSR count). The number of hydrogen-bond donors (Lipinski definition) is 1. The fourth-order valence-electron chi connectivity index (χ4n) is 2.99. The number of carbonyl (C=O) groups excluding carboxylic acids is 1. The van der Waals surface area contributed by atoms with Crippen LogP contribution in [0.15, 0.2) is 48.7 Å². The molecule has 2 heterocycles. The molecule has 0 aliphatic carbocycles. The summed E-state index contributed by atoms with van der Waals surface area (Å²) < 4.78 is 0. The number of aromatic nitrogens is 1. The molecular formula is C19H23N3O. The second-order valence-electron chi connectivity index (χ2n) is 6.27. The highest BCUT2D eigenvalue weighted by Crippen LogP contribution is 2.21. The van der Waals surface area contributed by atoms with Gasteiger partial charge in [0.1, 0.15) is 5.82 Å². The number of benzene rings is 1. The molecule has 1 atom stereocenters. The van der Waals surface area contributed by atoms with Crippen LogP contribution in [0.3, 0.4) is 0 Å². The third kappa shape index (κ3) is 4.09. The van der Waals surface area contributed by atoms with Crippen LogP contribution in [-0.2, 0) is 6.54 Å². The second-order valence-corrected chi connectivity index (χ2v) is 6.27. The zero-order chi connectivity index (χ0) is 16.1. The summed E-state index contributed by atoms with van der Waals surface area (Å²) in [5.74, 6) is 1.59. The monoisotopic (exact) mass is 309 g/mol. The number of rotatable bonds is 4. The van der Waals surface area contributed by atoms with Gasteiger partial charge in [0, 0.05) is 25.8 Å². The first-order chi connectivity index (χ1) is 11.2. The smallest absolute Gasteiger partial charge is 0.253 e. The van der Waals surface area contributed by atoms with Crippen LogP contribution >= 0.6 is 0 Å². The maximum Gasteiger partial charge on any atom is 0.253 e. The molecule has 0 saturated carbocycles. The Balaban J connectivity index is 1.59. The van der Waals surface area contributed by atoms with E-state index >= 15 is 0 Å². The van der Waals surface area contributed by atoms with Gasteiger partial charge in [-0.05, 0) is 36.5 Å². The molecule has 1 aliphatic heterocycles. The van der Waals surface area contributed by atoms with Crippen LogP contribution in [0.25, 0.3) is 0 Å². The minimum absolute atomic E-state index is 0.0834. The highest BCUT2D eigenvalue weighted by Gasteiger charge is 2.17. The fourth-order valence-corrected chi connectivity index (χ4v) is 2.99. The van der Waals surface area contributed by atoms with Gasteiger partial charge in [-0.3, -0.25) is 4.79 Å². The van der Waals surface area contributed by atoms with Gasteiger partial charge in [0.05, 0.1) is 5.56 Å². The summed E-state index contributed by atoms with van der Waals surface area (Å²) in [6.07, 6.45) is 4.17. The molecule has 1 N–H and O–H groups in total. The van der Waals surface area contributed by atoms with E-state index in [1.807, 2.05) is 42.5 Å². The molecule has 1 amide bonds. The number of carbonyl (C=O) groups is 1. The SMILES string of the molecule is C[C@@H]1CCCN(c2ccc(C(=O)NCc3ccccc3)cn2)C1. The van der Waals surface area contributed by atoms with Crippen molar-refractivity contribution in [3.8, 4) is 0 Å². The first-order valence-corrected chi connectivity index (χ1v) is 8.25. The van der Waals surface area contributed by atoms with Crippen molar-refractivity contribution in [2.75, 3.05) is 18.0 Å². The molecule has 120 valence electrons. The number of pyridine rings is 1. The summed E-state index contributed by atoms with van der Waals surface area (Å²) in [5.41, 5.74) is 1.70. The van der Waals surface area contributed by atoms with Gasteiger partial charge in [-0.2, -0.15) is 0 Å². The Morgan fingerprint density at radius 1 is 1.26 bits per heavy atom. The molecule has 1 saturated heterocycles. The Morgan fingerprint density at radius 3 is 2.78 bits per heavy atom. The number of amides is 1. The van der Waals surface area contributed by atoms with Crippen molar-refractivity contribution in [3.63, 3.8) is 0 Å². The summed E-state index contributed by atoms with van der Waals surface area (Å²) in [6, 6.07) is 13.7. The first kappa shape index (κ1) is 15.5. The van der Waals surface area contributed by atoms with Gasteiger partial charge in [0.2, 0.25) is 0 Å². The van der Waals surface area contributed by atoms with Crippen LogP contribution in [0.4, 0.5) is 5.82 Å². The third-order valence-electron chi connectivity index (χ3n) is 4.29. The average molecular weight is 309 g/mol. The summed E-state index contributed by atoms with van der Waals surface area (Å²) in [5, 5.41) is 2.93. The lowest BCUT2D eigenvalue weighted by Crippen LogP contribution is -2.34. The van der Waals surface area contributed by atoms with Gasteiger partial charge in [-0.25, -0.2) is 4.98 Å². The van der Waals surface area contributed by atoms with Crippen LogP contribution in [0, 0.1) is 5.92 Å². The van der Waals surface area contributed by atoms with Crippen molar-refractivity contribution >= 4 is 11.7 Å². The predicted octanol–water partition coefficient (Wildman–Crippen LogP) is 3.25. The van der Waals surface area contributed by atoms with Gasteiger partial charge in [0.15, 0.2) is 0 Å². The maximum atomic E-state index is 12.2. The lowest BCUT2D eigenvalue weighted by molar-refractivity contribution is 0.0950. The number of piperidine rings is 1. The van der Waals surface area contributed by atoms with E-state index in [0.717, 1.165) is 24.5 Å². The molecule has 0 spiro atoms. The van der Waals surface area contributed by atoms with E-state index in [1.54, 1.807) is 6.20 Å². The fraction of sp³-hybridized carbons (Fsp3) is 0.368. The third-order valence-corrected chi connectivity index (χ3v) is 4.29. The molecule has 1 aromatic carbocycles. The molecule has 0 radical (unpaired) electrons. The summed E-state index contributed by atoms with van der Waals surface area (Å²) in [6.45, 7) is 4.91. The Hall–Kier alpha value is -2.36. The number of hydrogen-bond acceptors (Lipinski definition) is 3. The van der Waals surface area contributed by atoms with E-state index < -0.39 is 0 Å². The summed E-state index contributed by atoms with van der Waals surface area (Å²) in [4.78, 5) is 19.0. The first-order valence-electron chi connectivity index (χ1n) is 8.25. The van der Waals surface area contributed by atoms with E-state index in [-0.39, 0.29) is 5.91 Å². The van der Waals surface area contributed by atoms with Crippen molar-refractivity contribution in [2.45, 2.75) is 26.3 Å². The maximum absolute atomic E-state index is 12.2. The average Bonchev–Trinajstić information content (AvgIpc) is 2.61. The van der Waals surface area contributed by atoms with Crippen molar-refractivity contribution in [1.82, 2.24) is 10.3 Å². The second kappa shape index (κ2) is 7.27. The van der Waals surface area contributed by atoms with Crippen molar-refractivity contribution in [3.05, 3.63) is 59.8 Å². The van der Waals surface area contributed by atoms with Crippen LogP contribution in [0.1, 0.15) is 35.7 Å². The summed E-state index contributed by atoms with van der Waals surface area (Å²) in [7, 11) is 0.